The third-order valence-corrected chi connectivity index (χ3v) is 1.90. The van der Waals surface area contributed by atoms with Crippen molar-refractivity contribution in [2.24, 2.45) is 0 Å². The maximum atomic E-state index is 2.30. The fraction of sp³-hybridized carbons (Fsp3) is 0.429. The van der Waals surface area contributed by atoms with Crippen LogP contribution in [0.15, 0.2) is 21.6 Å². The molecular formula is C7H9Cl3Ti. The van der Waals surface area contributed by atoms with Crippen molar-refractivity contribution in [3.05, 3.63) is 21.6 Å². The van der Waals surface area contributed by atoms with Crippen LogP contribution in [0.1, 0.15) is 19.8 Å². The molecule has 0 fully saturated rings. The van der Waals surface area contributed by atoms with E-state index in [-0.39, 0.29) is 37.2 Å². The second kappa shape index (κ2) is 9.15. The summed E-state index contributed by atoms with van der Waals surface area (Å²) >= 11 is 2.18. The normalized spacial score (nSPS) is 13.4. The van der Waals surface area contributed by atoms with Gasteiger partial charge in [-0.15, -0.1) is 0 Å². The Balaban J connectivity index is -0.000000213. The summed E-state index contributed by atoms with van der Waals surface area (Å²) in [5, 5.41) is 0. The summed E-state index contributed by atoms with van der Waals surface area (Å²) < 4.78 is 1.50. The predicted molar refractivity (Wildman–Crippen MR) is 31.1 cm³/mol. The fourth-order valence-corrected chi connectivity index (χ4v) is 1.28. The summed E-state index contributed by atoms with van der Waals surface area (Å²) in [6.45, 7) is 2.20. The van der Waals surface area contributed by atoms with E-state index in [9.17, 15) is 0 Å². The molecule has 0 saturated heterocycles. The van der Waals surface area contributed by atoms with E-state index in [0.717, 1.165) is 0 Å². The second-order valence-electron chi connectivity index (χ2n) is 2.01. The van der Waals surface area contributed by atoms with Crippen molar-refractivity contribution in [1.82, 2.24) is 0 Å². The van der Waals surface area contributed by atoms with Gasteiger partial charge in [-0.25, -0.2) is 0 Å². The van der Waals surface area contributed by atoms with Gasteiger partial charge in [0.15, 0.2) is 0 Å². The smallest absolute Gasteiger partial charge is 1.00 e. The van der Waals surface area contributed by atoms with Crippen LogP contribution < -0.4 is 37.2 Å². The third kappa shape index (κ3) is 6.25. The van der Waals surface area contributed by atoms with E-state index in [0.29, 0.717) is 0 Å². The molecule has 1 aliphatic rings. The van der Waals surface area contributed by atoms with Crippen LogP contribution >= 0.6 is 0 Å². The summed E-state index contributed by atoms with van der Waals surface area (Å²) in [6, 6.07) is 0. The summed E-state index contributed by atoms with van der Waals surface area (Å²) in [6.07, 6.45) is 6.95. The van der Waals surface area contributed by atoms with Crippen molar-refractivity contribution in [2.45, 2.75) is 19.8 Å². The van der Waals surface area contributed by atoms with Crippen LogP contribution in [0, 0.1) is 0 Å². The first-order chi connectivity index (χ1) is 3.83. The van der Waals surface area contributed by atoms with Crippen LogP contribution in [-0.4, -0.2) is 0 Å². The van der Waals surface area contributed by atoms with E-state index >= 15 is 0 Å². The van der Waals surface area contributed by atoms with Gasteiger partial charge in [-0.3, -0.25) is 0 Å². The van der Waals surface area contributed by atoms with Gasteiger partial charge in [0.05, 0.1) is 0 Å². The van der Waals surface area contributed by atoms with E-state index in [4.69, 9.17) is 0 Å². The molecule has 0 bridgehead atoms. The minimum Gasteiger partial charge on any atom is -1.00 e. The molecule has 0 radical (unpaired) electrons. The zero-order valence-corrected chi connectivity index (χ0v) is 10.0. The summed E-state index contributed by atoms with van der Waals surface area (Å²) in [5.74, 6) is 0. The van der Waals surface area contributed by atoms with Crippen LogP contribution in [0.25, 0.3) is 0 Å². The Hall–Kier alpha value is 1.06. The fourth-order valence-electron chi connectivity index (χ4n) is 0.829. The molecule has 0 aromatic carbocycles. The zero-order chi connectivity index (χ0) is 5.98. The average Bonchev–Trinajstić information content (AvgIpc) is 2.14. The predicted octanol–water partition coefficient (Wildman–Crippen LogP) is -6.83. The molecule has 4 heteroatoms. The molecule has 0 spiro atoms. The third-order valence-electron chi connectivity index (χ3n) is 1.35. The quantitative estimate of drug-likeness (QED) is 0.404. The Labute approximate surface area is 98.5 Å². The van der Waals surface area contributed by atoms with Gasteiger partial charge in [-0.05, 0) is 0 Å². The molecule has 1 rings (SSSR count). The molecule has 1 aliphatic carbocycles. The van der Waals surface area contributed by atoms with Gasteiger partial charge in [0.25, 0.3) is 0 Å². The van der Waals surface area contributed by atoms with Gasteiger partial charge in [0.2, 0.25) is 0 Å². The maximum Gasteiger partial charge on any atom is -1.00 e. The molecule has 0 nitrogen and oxygen atoms in total. The van der Waals surface area contributed by atoms with Crippen LogP contribution in [0.2, 0.25) is 0 Å². The number of hydrogen-bond acceptors (Lipinski definition) is 0. The topological polar surface area (TPSA) is 0 Å². The molecular weight excluding hydrogens is 238 g/mol. The summed E-state index contributed by atoms with van der Waals surface area (Å²) in [5.41, 5.74) is 1.50. The molecule has 0 amide bonds. The number of halogens is 3. The van der Waals surface area contributed by atoms with Crippen molar-refractivity contribution in [1.29, 1.82) is 0 Å². The standard InChI is InChI=1S/C7H9.3ClH.Ti/c1-2-7-5-3-4-6-7;;;;/h5-6H,2-3H2,1H3;3*1H;/q;;;;+3/p-3. The van der Waals surface area contributed by atoms with Crippen LogP contribution in [0.3, 0.4) is 0 Å². The summed E-state index contributed by atoms with van der Waals surface area (Å²) in [4.78, 5) is 0. The largest absolute Gasteiger partial charge is 1.00 e. The second-order valence-corrected chi connectivity index (χ2v) is 3.01. The zero-order valence-electron chi connectivity index (χ0n) is 6.20. The van der Waals surface area contributed by atoms with E-state index < -0.39 is 0 Å². The van der Waals surface area contributed by atoms with Crippen LogP contribution in [0.5, 0.6) is 0 Å². The first-order valence-electron chi connectivity index (χ1n) is 2.94. The van der Waals surface area contributed by atoms with Crippen molar-refractivity contribution < 1.29 is 57.7 Å². The number of rotatable bonds is 1. The first-order valence-corrected chi connectivity index (χ1v) is 3.72. The Bertz CT molecular complexity index is 152. The molecule has 0 aliphatic heterocycles. The van der Waals surface area contributed by atoms with Gasteiger partial charge in [-0.2, -0.15) is 0 Å². The SMILES string of the molecule is CCC1=CC[C]([Ti+3])=C1.[Cl-].[Cl-].[Cl-]. The average molecular weight is 247 g/mol. The Kier molecular flexibility index (Phi) is 15.0. The minimum absolute atomic E-state index is 0. The number of hydrogen-bond donors (Lipinski definition) is 0. The molecule has 0 atom stereocenters. The van der Waals surface area contributed by atoms with E-state index in [1.54, 1.807) is 0 Å². The van der Waals surface area contributed by atoms with Gasteiger partial charge < -0.3 is 37.2 Å². The Morgan fingerprint density at radius 2 is 1.91 bits per heavy atom. The molecule has 0 aromatic heterocycles. The molecule has 62 valence electrons. The van der Waals surface area contributed by atoms with Crippen LogP contribution in [-0.2, 0) is 20.4 Å². The van der Waals surface area contributed by atoms with Crippen molar-refractivity contribution in [3.63, 3.8) is 0 Å². The molecule has 0 aromatic rings. The van der Waals surface area contributed by atoms with E-state index in [2.05, 4.69) is 39.5 Å². The maximum absolute atomic E-state index is 2.30. The van der Waals surface area contributed by atoms with Crippen molar-refractivity contribution >= 4 is 0 Å². The first kappa shape index (κ1) is 18.0. The van der Waals surface area contributed by atoms with Crippen molar-refractivity contribution in [2.75, 3.05) is 0 Å². The van der Waals surface area contributed by atoms with E-state index in [1.165, 1.54) is 22.3 Å². The van der Waals surface area contributed by atoms with Gasteiger partial charge >= 0.3 is 61.8 Å². The van der Waals surface area contributed by atoms with Crippen molar-refractivity contribution in [3.8, 4) is 0 Å². The van der Waals surface area contributed by atoms with Gasteiger partial charge in [-0.1, -0.05) is 0 Å². The summed E-state index contributed by atoms with van der Waals surface area (Å²) in [7, 11) is 0. The Morgan fingerprint density at radius 1 is 1.36 bits per heavy atom. The van der Waals surface area contributed by atoms with Gasteiger partial charge in [0.1, 0.15) is 0 Å². The molecule has 0 saturated carbocycles. The molecule has 11 heavy (non-hydrogen) atoms. The van der Waals surface area contributed by atoms with Crippen LogP contribution in [0.4, 0.5) is 0 Å². The minimum atomic E-state index is 0. The Morgan fingerprint density at radius 3 is 2.09 bits per heavy atom. The molecule has 0 N–H and O–H groups in total. The monoisotopic (exact) mass is 246 g/mol. The van der Waals surface area contributed by atoms with E-state index in [1.807, 2.05) is 0 Å². The molecule has 0 heterocycles. The molecule has 0 unspecified atom stereocenters. The number of allylic oxidation sites excluding steroid dienone is 4. The van der Waals surface area contributed by atoms with Gasteiger partial charge in [0, 0.05) is 0 Å².